The normalized spacial score (nSPS) is 22.0. The van der Waals surface area contributed by atoms with Gasteiger partial charge in [0.05, 0.1) is 22.8 Å². The zero-order valence-corrected chi connectivity index (χ0v) is 22.2. The van der Waals surface area contributed by atoms with E-state index in [0.29, 0.717) is 18.4 Å². The van der Waals surface area contributed by atoms with Gasteiger partial charge in [-0.1, -0.05) is 31.1 Å². The summed E-state index contributed by atoms with van der Waals surface area (Å²) >= 11 is 0. The molecule has 196 valence electrons. The maximum absolute atomic E-state index is 15.0. The van der Waals surface area contributed by atoms with Crippen LogP contribution in [0.3, 0.4) is 0 Å². The molecule has 4 rings (SSSR count). The first-order valence-electron chi connectivity index (χ1n) is 13.0. The molecule has 1 fully saturated rings. The van der Waals surface area contributed by atoms with Crippen molar-refractivity contribution in [3.05, 3.63) is 76.1 Å². The van der Waals surface area contributed by atoms with Crippen molar-refractivity contribution in [2.75, 3.05) is 0 Å². The molecule has 37 heavy (non-hydrogen) atoms. The highest BCUT2D eigenvalue weighted by atomic mass is 19.1. The number of aliphatic hydroxyl groups is 1. The van der Waals surface area contributed by atoms with E-state index in [2.05, 4.69) is 17.7 Å². The summed E-state index contributed by atoms with van der Waals surface area (Å²) in [4.78, 5) is 13.3. The van der Waals surface area contributed by atoms with Gasteiger partial charge in [-0.25, -0.2) is 9.18 Å². The molecule has 2 heterocycles. The highest BCUT2D eigenvalue weighted by Gasteiger charge is 2.48. The van der Waals surface area contributed by atoms with Gasteiger partial charge in [-0.3, -0.25) is 4.68 Å². The molecular weight excluding hydrogens is 469 g/mol. The van der Waals surface area contributed by atoms with Gasteiger partial charge >= 0.3 is 5.97 Å². The Bertz CT molecular complexity index is 1300. The maximum Gasteiger partial charge on any atom is 0.338 e. The molecule has 2 unspecified atom stereocenters. The van der Waals surface area contributed by atoms with Crippen molar-refractivity contribution in [2.24, 2.45) is 13.0 Å². The van der Waals surface area contributed by atoms with Crippen molar-refractivity contribution in [2.45, 2.75) is 83.2 Å². The number of carbonyl (C=O) groups is 1. The van der Waals surface area contributed by atoms with Crippen LogP contribution >= 0.6 is 0 Å². The van der Waals surface area contributed by atoms with Gasteiger partial charge in [-0.05, 0) is 64.0 Å². The van der Waals surface area contributed by atoms with Crippen LogP contribution in [0.4, 0.5) is 4.39 Å². The van der Waals surface area contributed by atoms with Crippen molar-refractivity contribution < 1.29 is 19.0 Å². The van der Waals surface area contributed by atoms with E-state index in [1.807, 2.05) is 27.0 Å². The van der Waals surface area contributed by atoms with E-state index in [4.69, 9.17) is 4.74 Å². The largest absolute Gasteiger partial charge is 0.512 e. The predicted molar refractivity (Wildman–Crippen MR) is 139 cm³/mol. The van der Waals surface area contributed by atoms with Gasteiger partial charge in [0, 0.05) is 36.7 Å². The molecule has 2 aliphatic rings. The van der Waals surface area contributed by atoms with Crippen molar-refractivity contribution in [3.8, 4) is 6.07 Å². The van der Waals surface area contributed by atoms with Crippen LogP contribution < -0.4 is 0 Å². The molecule has 2 aromatic rings. The van der Waals surface area contributed by atoms with Crippen molar-refractivity contribution in [3.63, 3.8) is 0 Å². The average molecular weight is 506 g/mol. The smallest absolute Gasteiger partial charge is 0.338 e. The number of aryl methyl sites for hydroxylation is 3. The van der Waals surface area contributed by atoms with E-state index < -0.39 is 22.8 Å². The monoisotopic (exact) mass is 505 g/mol. The molecule has 7 heteroatoms. The summed E-state index contributed by atoms with van der Waals surface area (Å²) in [5, 5.41) is 25.1. The molecule has 1 aromatic heterocycles. The molecule has 0 bridgehead atoms. The molecule has 0 spiro atoms. The molecular formula is C30H36FN3O3. The molecule has 1 N–H and O–H groups in total. The summed E-state index contributed by atoms with van der Waals surface area (Å²) in [5.41, 5.74) is 2.12. The van der Waals surface area contributed by atoms with Crippen LogP contribution in [0.2, 0.25) is 0 Å². The number of carbonyl (C=O) groups excluding carboxylic acids is 1. The highest BCUT2D eigenvalue weighted by Crippen LogP contribution is 2.46. The number of allylic oxidation sites excluding steroid dienone is 1. The fourth-order valence-corrected chi connectivity index (χ4v) is 5.94. The van der Waals surface area contributed by atoms with Gasteiger partial charge in [0.15, 0.2) is 0 Å². The Hall–Kier alpha value is -3.40. The molecule has 0 saturated heterocycles. The third-order valence-electron chi connectivity index (χ3n) is 8.54. The second-order valence-electron chi connectivity index (χ2n) is 10.8. The third kappa shape index (κ3) is 4.94. The Labute approximate surface area is 218 Å². The second-order valence-corrected chi connectivity index (χ2v) is 10.8. The summed E-state index contributed by atoms with van der Waals surface area (Å²) in [5.74, 6) is -0.697. The zero-order valence-electron chi connectivity index (χ0n) is 22.2. The van der Waals surface area contributed by atoms with E-state index in [1.54, 1.807) is 17.7 Å². The SMILES string of the molecule is C=CC(C)(C#N)c1ccc(CCC2(C3CCCC3)CC(O)=C(Cc3c(C)nn(C)c3C)C(=O)O2)cc1F. The zero-order chi connectivity index (χ0) is 27.0. The summed E-state index contributed by atoms with van der Waals surface area (Å²) in [6.45, 7) is 9.16. The van der Waals surface area contributed by atoms with Gasteiger partial charge in [0.1, 0.15) is 17.2 Å². The van der Waals surface area contributed by atoms with Gasteiger partial charge in [0.25, 0.3) is 0 Å². The summed E-state index contributed by atoms with van der Waals surface area (Å²) < 4.78 is 23.0. The number of nitriles is 1. The minimum Gasteiger partial charge on any atom is -0.512 e. The van der Waals surface area contributed by atoms with Gasteiger partial charge < -0.3 is 9.84 Å². The van der Waals surface area contributed by atoms with E-state index in [9.17, 15) is 19.6 Å². The number of halogens is 1. The van der Waals surface area contributed by atoms with Crippen LogP contribution in [0.5, 0.6) is 0 Å². The number of aromatic nitrogens is 2. The summed E-state index contributed by atoms with van der Waals surface area (Å²) in [7, 11) is 1.86. The molecule has 0 radical (unpaired) electrons. The standard InChI is InChI=1S/C30H36FN3O3/c1-6-29(4,18-32)25-12-11-21(15-26(25)31)13-14-30(22-9-7-8-10-22)17-27(35)24(28(36)37-30)16-23-19(2)33-34(5)20(23)3/h6,11-12,15,22,35H,1,7-10,13-14,16-17H2,2-5H3. The van der Waals surface area contributed by atoms with E-state index in [-0.39, 0.29) is 30.1 Å². The number of nitrogens with zero attached hydrogens (tertiary/aromatic N) is 3. The average Bonchev–Trinajstić information content (AvgIpc) is 3.49. The first-order valence-corrected chi connectivity index (χ1v) is 13.0. The lowest BCUT2D eigenvalue weighted by molar-refractivity contribution is -0.167. The number of aliphatic hydroxyl groups excluding tert-OH is 1. The molecule has 6 nitrogen and oxygen atoms in total. The van der Waals surface area contributed by atoms with Crippen molar-refractivity contribution in [1.82, 2.24) is 9.78 Å². The Morgan fingerprint density at radius 2 is 2.08 bits per heavy atom. The van der Waals surface area contributed by atoms with Crippen LogP contribution in [0.1, 0.15) is 73.5 Å². The van der Waals surface area contributed by atoms with Crippen LogP contribution in [0.15, 0.2) is 42.2 Å². The molecule has 1 aliphatic carbocycles. The molecule has 1 aromatic carbocycles. The van der Waals surface area contributed by atoms with Gasteiger partial charge in [-0.15, -0.1) is 6.58 Å². The van der Waals surface area contributed by atoms with Crippen LogP contribution in [0, 0.1) is 36.9 Å². The van der Waals surface area contributed by atoms with Crippen LogP contribution in [0.25, 0.3) is 0 Å². The quantitative estimate of drug-likeness (QED) is 0.351. The van der Waals surface area contributed by atoms with Crippen molar-refractivity contribution in [1.29, 1.82) is 5.26 Å². The number of esters is 1. The minimum absolute atomic E-state index is 0.0862. The Morgan fingerprint density at radius 1 is 1.38 bits per heavy atom. The van der Waals surface area contributed by atoms with Crippen LogP contribution in [-0.2, 0) is 34.8 Å². The fraction of sp³-hybridized carbons (Fsp3) is 0.500. The lowest BCUT2D eigenvalue weighted by atomic mass is 9.76. The first kappa shape index (κ1) is 26.7. The lowest BCUT2D eigenvalue weighted by Crippen LogP contribution is -2.46. The van der Waals surface area contributed by atoms with Crippen molar-refractivity contribution >= 4 is 5.97 Å². The molecule has 1 saturated carbocycles. The Morgan fingerprint density at radius 3 is 2.62 bits per heavy atom. The second kappa shape index (κ2) is 10.2. The number of benzene rings is 1. The third-order valence-corrected chi connectivity index (χ3v) is 8.54. The number of ether oxygens (including phenoxy) is 1. The highest BCUT2D eigenvalue weighted by molar-refractivity contribution is 5.91. The summed E-state index contributed by atoms with van der Waals surface area (Å²) in [6, 6.07) is 7.03. The molecule has 0 amide bonds. The molecule has 2 atom stereocenters. The fourth-order valence-electron chi connectivity index (χ4n) is 5.94. The Balaban J connectivity index is 1.60. The predicted octanol–water partition coefficient (Wildman–Crippen LogP) is 6.01. The number of rotatable bonds is 8. The van der Waals surface area contributed by atoms with Gasteiger partial charge in [0.2, 0.25) is 0 Å². The van der Waals surface area contributed by atoms with E-state index in [1.165, 1.54) is 12.1 Å². The number of hydrogen-bond acceptors (Lipinski definition) is 5. The maximum atomic E-state index is 15.0. The first-order chi connectivity index (χ1) is 17.5. The molecule has 1 aliphatic heterocycles. The lowest BCUT2D eigenvalue weighted by Gasteiger charge is -2.42. The number of hydrogen-bond donors (Lipinski definition) is 1. The Kier molecular flexibility index (Phi) is 7.32. The van der Waals surface area contributed by atoms with E-state index in [0.717, 1.165) is 48.2 Å². The number of cyclic esters (lactones) is 1. The summed E-state index contributed by atoms with van der Waals surface area (Å²) in [6.07, 6.45) is 6.96. The van der Waals surface area contributed by atoms with Crippen LogP contribution in [-0.4, -0.2) is 26.5 Å². The van der Waals surface area contributed by atoms with Gasteiger partial charge in [-0.2, -0.15) is 10.4 Å². The topological polar surface area (TPSA) is 88.1 Å². The minimum atomic E-state index is -1.11. The van der Waals surface area contributed by atoms with E-state index >= 15 is 0 Å².